The van der Waals surface area contributed by atoms with Gasteiger partial charge in [-0.1, -0.05) is 182 Å². The van der Waals surface area contributed by atoms with Crippen molar-refractivity contribution in [1.29, 1.82) is 0 Å². The molecule has 0 saturated heterocycles. The molecule has 0 amide bonds. The Hall–Kier alpha value is -5.13. The molecule has 0 N–H and O–H groups in total. The summed E-state index contributed by atoms with van der Waals surface area (Å²) >= 11 is 0. The van der Waals surface area contributed by atoms with E-state index in [0.29, 0.717) is 0 Å². The van der Waals surface area contributed by atoms with Crippen molar-refractivity contribution in [3.05, 3.63) is 182 Å². The highest BCUT2D eigenvalue weighted by atomic mass is 28.3. The molecule has 236 valence electrons. The zero-order valence-electron chi connectivity index (χ0n) is 27.8. The van der Waals surface area contributed by atoms with Gasteiger partial charge in [0.1, 0.15) is 0 Å². The molecule has 0 atom stereocenters. The molecule has 12 rings (SSSR count). The third-order valence-corrected chi connectivity index (χ3v) is 22.0. The summed E-state index contributed by atoms with van der Waals surface area (Å²) in [5, 5.41) is 8.30. The van der Waals surface area contributed by atoms with Gasteiger partial charge in [0.15, 0.2) is 0 Å². The molecule has 0 aliphatic heterocycles. The van der Waals surface area contributed by atoms with E-state index in [4.69, 9.17) is 0 Å². The number of hydrogen-bond donors (Lipinski definition) is 0. The van der Waals surface area contributed by atoms with Crippen molar-refractivity contribution in [1.82, 2.24) is 0 Å². The zero-order valence-corrected chi connectivity index (χ0v) is 29.8. The summed E-state index contributed by atoms with van der Waals surface area (Å²) in [7, 11) is -5.15. The Labute approximate surface area is 297 Å². The maximum Gasteiger partial charge on any atom is 0.229 e. The maximum atomic E-state index is 4.21. The molecule has 6 saturated carbocycles. The monoisotopic (exact) mass is 668 g/mol. The van der Waals surface area contributed by atoms with Gasteiger partial charge in [-0.05, 0) is 66.6 Å². The van der Waals surface area contributed by atoms with Gasteiger partial charge in [-0.15, -0.1) is 22.9 Å². The summed E-state index contributed by atoms with van der Waals surface area (Å²) in [6.07, 6.45) is 0. The van der Waals surface area contributed by atoms with Crippen LogP contribution in [0.1, 0.15) is 0 Å². The predicted molar refractivity (Wildman–Crippen MR) is 209 cm³/mol. The standard InChI is InChI=1S/C48H36Si2/c1-7-19-35(20-8-1)49(36-21-9-2-10-22-36,37-23-11-3-12-24-37)33-31-47-41-44-42(47)46-43(47)45(41)48(44,46)32-34-50(38-25-13-4-14-26-38,39-27-15-5-16-28-39)40-29-17-6-18-30-40/h1-30,41-46H. The molecule has 6 aromatic rings. The quantitative estimate of drug-likeness (QED) is 0.131. The Morgan fingerprint density at radius 1 is 0.280 bits per heavy atom. The zero-order chi connectivity index (χ0) is 33.0. The van der Waals surface area contributed by atoms with Crippen LogP contribution < -0.4 is 31.1 Å². The number of rotatable bonds is 6. The maximum absolute atomic E-state index is 4.21. The molecule has 0 nitrogen and oxygen atoms in total. The molecule has 6 aromatic carbocycles. The topological polar surface area (TPSA) is 0 Å². The minimum atomic E-state index is -2.57. The van der Waals surface area contributed by atoms with Gasteiger partial charge in [0, 0.05) is 10.8 Å². The Morgan fingerprint density at radius 3 is 0.640 bits per heavy atom. The number of benzene rings is 6. The third kappa shape index (κ3) is 3.22. The molecule has 50 heavy (non-hydrogen) atoms. The van der Waals surface area contributed by atoms with Crippen LogP contribution in [0.25, 0.3) is 0 Å². The molecule has 0 spiro atoms. The lowest BCUT2D eigenvalue weighted by Gasteiger charge is -3.09. The van der Waals surface area contributed by atoms with Crippen LogP contribution in [0.5, 0.6) is 0 Å². The molecule has 0 radical (unpaired) electrons. The van der Waals surface area contributed by atoms with E-state index in [-0.39, 0.29) is 10.8 Å². The first-order valence-electron chi connectivity index (χ1n) is 18.2. The van der Waals surface area contributed by atoms with Crippen LogP contribution in [0.15, 0.2) is 182 Å². The van der Waals surface area contributed by atoms with Crippen LogP contribution in [0.3, 0.4) is 0 Å². The molecule has 6 fully saturated rings. The fourth-order valence-corrected chi connectivity index (χ4v) is 19.8. The smallest absolute Gasteiger partial charge is 0.114 e. The van der Waals surface area contributed by atoms with Crippen molar-refractivity contribution in [2.75, 3.05) is 0 Å². The van der Waals surface area contributed by atoms with E-state index < -0.39 is 16.1 Å². The van der Waals surface area contributed by atoms with Crippen molar-refractivity contribution >= 4 is 47.3 Å². The summed E-state index contributed by atoms with van der Waals surface area (Å²) in [5.41, 5.74) is 8.88. The SMILES string of the molecule is C(#C[Si](c1ccccc1)(c1ccccc1)c1ccccc1)C12C3C4C1C1C2C3C41C#C[Si](c1ccccc1)(c1ccccc1)c1ccccc1. The third-order valence-electron chi connectivity index (χ3n) is 13.8. The van der Waals surface area contributed by atoms with Crippen LogP contribution in [0.2, 0.25) is 0 Å². The van der Waals surface area contributed by atoms with E-state index in [2.05, 4.69) is 205 Å². The summed E-state index contributed by atoms with van der Waals surface area (Å²) in [6.45, 7) is 0. The Kier molecular flexibility index (Phi) is 5.86. The molecule has 0 aromatic heterocycles. The Morgan fingerprint density at radius 2 is 0.460 bits per heavy atom. The number of hydrogen-bond acceptors (Lipinski definition) is 0. The minimum Gasteiger partial charge on any atom is -0.114 e. The van der Waals surface area contributed by atoms with Crippen LogP contribution in [-0.4, -0.2) is 16.1 Å². The van der Waals surface area contributed by atoms with Gasteiger partial charge in [-0.25, -0.2) is 0 Å². The molecular formula is C48H36Si2. The van der Waals surface area contributed by atoms with E-state index in [1.54, 1.807) is 0 Å². The second kappa shape index (κ2) is 10.2. The van der Waals surface area contributed by atoms with Gasteiger partial charge in [0.05, 0.1) is 0 Å². The van der Waals surface area contributed by atoms with Crippen LogP contribution in [0.4, 0.5) is 0 Å². The molecule has 2 heteroatoms. The lowest BCUT2D eigenvalue weighted by atomic mass is 8.92. The van der Waals surface area contributed by atoms with E-state index in [1.807, 2.05) is 0 Å². The Bertz CT molecular complexity index is 1950. The van der Waals surface area contributed by atoms with Crippen molar-refractivity contribution in [2.24, 2.45) is 46.3 Å². The van der Waals surface area contributed by atoms with Crippen LogP contribution in [-0.2, 0) is 0 Å². The summed E-state index contributed by atoms with van der Waals surface area (Å²) in [4.78, 5) is 0. The van der Waals surface area contributed by atoms with E-state index in [1.165, 1.54) is 31.1 Å². The van der Waals surface area contributed by atoms with E-state index >= 15 is 0 Å². The van der Waals surface area contributed by atoms with Crippen LogP contribution in [0, 0.1) is 69.3 Å². The van der Waals surface area contributed by atoms with Crippen molar-refractivity contribution in [2.45, 2.75) is 0 Å². The van der Waals surface area contributed by atoms with Crippen LogP contribution >= 0.6 is 0 Å². The van der Waals surface area contributed by atoms with Crippen molar-refractivity contribution in [3.8, 4) is 22.9 Å². The molecule has 0 unspecified atom stereocenters. The fourth-order valence-electron chi connectivity index (χ4n) is 12.0. The average molecular weight is 669 g/mol. The average Bonchev–Trinajstić information content (AvgIpc) is 3.21. The van der Waals surface area contributed by atoms with Gasteiger partial charge >= 0.3 is 0 Å². The van der Waals surface area contributed by atoms with Crippen molar-refractivity contribution < 1.29 is 0 Å². The van der Waals surface area contributed by atoms with Crippen molar-refractivity contribution in [3.63, 3.8) is 0 Å². The summed E-state index contributed by atoms with van der Waals surface area (Å²) in [6, 6.07) is 67.1. The first-order valence-corrected chi connectivity index (χ1v) is 22.2. The lowest BCUT2D eigenvalue weighted by Crippen LogP contribution is -3.09. The fraction of sp³-hybridized carbons (Fsp3) is 0.167. The minimum absolute atomic E-state index is 0.229. The highest BCUT2D eigenvalue weighted by molar-refractivity contribution is 7.17. The molecule has 6 aliphatic rings. The van der Waals surface area contributed by atoms with Gasteiger partial charge in [0.25, 0.3) is 0 Å². The molecular weight excluding hydrogens is 633 g/mol. The first-order chi connectivity index (χ1) is 24.8. The van der Waals surface area contributed by atoms with Gasteiger partial charge in [0.2, 0.25) is 16.1 Å². The lowest BCUT2D eigenvalue weighted by molar-refractivity contribution is -0.624. The molecule has 0 bridgehead atoms. The highest BCUT2D eigenvalue weighted by Gasteiger charge is 3.09. The second-order valence-electron chi connectivity index (χ2n) is 15.2. The first kappa shape index (κ1) is 28.7. The summed E-state index contributed by atoms with van der Waals surface area (Å²) in [5.74, 6) is 12.8. The second-order valence-corrected chi connectivity index (χ2v) is 22.2. The van der Waals surface area contributed by atoms with Gasteiger partial charge in [-0.2, -0.15) is 0 Å². The highest BCUT2D eigenvalue weighted by Crippen LogP contribution is 3.10. The Balaban J connectivity index is 1.000. The predicted octanol–water partition coefficient (Wildman–Crippen LogP) is 5.15. The normalized spacial score (nSPS) is 29.8. The largest absolute Gasteiger partial charge is 0.229 e. The molecule has 6 aliphatic carbocycles. The molecule has 0 heterocycles. The van der Waals surface area contributed by atoms with E-state index in [9.17, 15) is 0 Å². The van der Waals surface area contributed by atoms with Gasteiger partial charge < -0.3 is 0 Å². The van der Waals surface area contributed by atoms with Gasteiger partial charge in [-0.3, -0.25) is 0 Å². The van der Waals surface area contributed by atoms with E-state index in [0.717, 1.165) is 35.5 Å². The summed E-state index contributed by atoms with van der Waals surface area (Å²) < 4.78 is 0.